The second kappa shape index (κ2) is 33.0. The van der Waals surface area contributed by atoms with Gasteiger partial charge >= 0.3 is 90.4 Å². The van der Waals surface area contributed by atoms with E-state index < -0.39 is 0 Å². The first-order valence-corrected chi connectivity index (χ1v) is 25.0. The van der Waals surface area contributed by atoms with Crippen LogP contribution in [0.1, 0.15) is 231 Å². The quantitative estimate of drug-likeness (QED) is 0.0400. The minimum absolute atomic E-state index is 1.01. The molecule has 0 atom stereocenters. The molecule has 314 valence electrons. The molecule has 0 amide bonds. The molecule has 0 spiro atoms. The molecule has 55 heavy (non-hydrogen) atoms. The van der Waals surface area contributed by atoms with E-state index in [0.717, 1.165) is 61.0 Å². The third-order valence-corrected chi connectivity index (χ3v) is 12.6. The predicted octanol–water partition coefficient (Wildman–Crippen LogP) is 18.1. The molecule has 0 aromatic heterocycles. The van der Waals surface area contributed by atoms with Gasteiger partial charge in [0, 0.05) is 22.3 Å². The molecule has 2 aromatic carbocycles. The molecular formula is C52H86N2Ni. The number of nitrogens with zero attached hydrogens (tertiary/aromatic N) is 2. The second-order valence-corrected chi connectivity index (χ2v) is 17.7. The van der Waals surface area contributed by atoms with Gasteiger partial charge in [-0.1, -0.05) is 129 Å². The molecule has 0 unspecified atom stereocenters. The Morgan fingerprint density at radius 1 is 0.364 bits per heavy atom. The summed E-state index contributed by atoms with van der Waals surface area (Å²) < 4.78 is 1.56. The molecule has 0 N–H and O–H groups in total. The number of benzene rings is 2. The van der Waals surface area contributed by atoms with E-state index in [4.69, 9.17) is 0 Å². The molecule has 2 aromatic rings. The summed E-state index contributed by atoms with van der Waals surface area (Å²) in [7, 11) is 0. The summed E-state index contributed by atoms with van der Waals surface area (Å²) in [4.78, 5) is 0. The molecular weight excluding hydrogens is 711 g/mol. The van der Waals surface area contributed by atoms with Gasteiger partial charge in [-0.2, -0.15) is 0 Å². The Balaban J connectivity index is 0.000000685. The first kappa shape index (κ1) is 49.2. The Morgan fingerprint density at radius 2 is 0.673 bits per heavy atom. The fourth-order valence-electron chi connectivity index (χ4n) is 7.64. The number of unbranched alkanes of at least 4 members (excludes halogenated alkanes) is 18. The fraction of sp³-hybridized carbons (Fsp3) is 0.692. The Hall–Kier alpha value is -1.99. The van der Waals surface area contributed by atoms with Crippen LogP contribution in [0.15, 0.2) is 59.7 Å². The zero-order valence-corrected chi connectivity index (χ0v) is 38.0. The maximum absolute atomic E-state index is 11.9. The molecule has 2 nitrogen and oxygen atoms in total. The average molecular weight is 798 g/mol. The van der Waals surface area contributed by atoms with Gasteiger partial charge in [-0.15, -0.1) is 0 Å². The summed E-state index contributed by atoms with van der Waals surface area (Å²) in [5.74, 6) is 0. The van der Waals surface area contributed by atoms with Crippen molar-refractivity contribution in [3.63, 3.8) is 0 Å². The van der Waals surface area contributed by atoms with Gasteiger partial charge in [0.05, 0.1) is 0 Å². The molecule has 1 aliphatic rings. The molecule has 3 rings (SSSR count). The standard InChI is InChI=1S/C40H60N2.2C6H13.Ni/c1-5-9-13-16-17-20-24-38-37(23-12-8-4)39(35-29-25-33(26-30-35)21-18-14-10-6-2)42(41)40(38)36-31-27-34(28-32-36)22-19-15-11-7-3;2*1-3-5-6-4-2;/h25-32H,5-24H2,1-4H3;2*1,3-6H2,2H3;. The van der Waals surface area contributed by atoms with Crippen molar-refractivity contribution in [2.24, 2.45) is 0 Å². The van der Waals surface area contributed by atoms with E-state index in [1.54, 1.807) is 4.70 Å². The summed E-state index contributed by atoms with van der Waals surface area (Å²) in [5, 5.41) is 2.83. The molecule has 0 saturated heterocycles. The van der Waals surface area contributed by atoms with Crippen LogP contribution in [0.5, 0.6) is 0 Å². The average Bonchev–Trinajstić information content (AvgIpc) is 3.48. The maximum atomic E-state index is 11.9. The molecule has 0 aliphatic carbocycles. The fourth-order valence-corrected chi connectivity index (χ4v) is 8.87. The van der Waals surface area contributed by atoms with Gasteiger partial charge < -0.3 is 5.53 Å². The molecule has 1 heterocycles. The summed E-state index contributed by atoms with van der Waals surface area (Å²) in [6.07, 6.45) is 36.1. The van der Waals surface area contributed by atoms with E-state index in [2.05, 4.69) is 90.1 Å². The van der Waals surface area contributed by atoms with E-state index in [1.807, 2.05) is 14.4 Å². The summed E-state index contributed by atoms with van der Waals surface area (Å²) in [5.41, 5.74) is 21.8. The number of rotatable bonds is 32. The van der Waals surface area contributed by atoms with Gasteiger partial charge in [-0.05, 0) is 86.8 Å². The van der Waals surface area contributed by atoms with Crippen LogP contribution in [0.3, 0.4) is 0 Å². The van der Waals surface area contributed by atoms with Gasteiger partial charge in [0.1, 0.15) is 0 Å². The normalized spacial score (nSPS) is 12.9. The van der Waals surface area contributed by atoms with Crippen LogP contribution in [-0.2, 0) is 27.3 Å². The Kier molecular flexibility index (Phi) is 29.5. The van der Waals surface area contributed by atoms with Crippen molar-refractivity contribution in [2.45, 2.75) is 232 Å². The number of aryl methyl sites for hydroxylation is 2. The van der Waals surface area contributed by atoms with Gasteiger partial charge in [0.25, 0.3) is 0 Å². The van der Waals surface area contributed by atoms with E-state index >= 15 is 0 Å². The van der Waals surface area contributed by atoms with Gasteiger partial charge in [-0.3, -0.25) is 0 Å². The predicted molar refractivity (Wildman–Crippen MR) is 241 cm³/mol. The monoisotopic (exact) mass is 797 g/mol. The molecule has 0 saturated carbocycles. The molecule has 3 heteroatoms. The van der Waals surface area contributed by atoms with E-state index in [-0.39, 0.29) is 0 Å². The van der Waals surface area contributed by atoms with Crippen molar-refractivity contribution in [1.82, 2.24) is 0 Å². The first-order valence-electron chi connectivity index (χ1n) is 23.6. The van der Waals surface area contributed by atoms with Crippen LogP contribution in [0.25, 0.3) is 16.9 Å². The van der Waals surface area contributed by atoms with Crippen molar-refractivity contribution in [2.75, 3.05) is 0 Å². The van der Waals surface area contributed by atoms with Crippen molar-refractivity contribution in [3.05, 3.63) is 87.5 Å². The van der Waals surface area contributed by atoms with Crippen LogP contribution in [-0.4, -0.2) is 4.70 Å². The Morgan fingerprint density at radius 3 is 1.07 bits per heavy atom. The van der Waals surface area contributed by atoms with Crippen molar-refractivity contribution >= 4 is 11.4 Å². The summed E-state index contributed by atoms with van der Waals surface area (Å²) in [6, 6.07) is 18.2. The third-order valence-electron chi connectivity index (χ3n) is 11.2. The van der Waals surface area contributed by atoms with E-state index in [0.29, 0.717) is 0 Å². The van der Waals surface area contributed by atoms with Crippen LogP contribution in [0.2, 0.25) is 10.8 Å². The van der Waals surface area contributed by atoms with Crippen LogP contribution < -0.4 is 0 Å². The Labute approximate surface area is 348 Å². The third kappa shape index (κ3) is 20.3. The molecule has 0 fully saturated rings. The van der Waals surface area contributed by atoms with Gasteiger partial charge in [-0.25, -0.2) is 4.70 Å². The summed E-state index contributed by atoms with van der Waals surface area (Å²) >= 11 is 1.99. The van der Waals surface area contributed by atoms with Crippen LogP contribution in [0, 0.1) is 0 Å². The zero-order chi connectivity index (χ0) is 39.8. The molecule has 0 bridgehead atoms. The minimum atomic E-state index is 1.01. The zero-order valence-electron chi connectivity index (χ0n) is 37.0. The van der Waals surface area contributed by atoms with E-state index in [1.165, 1.54) is 174 Å². The topological polar surface area (TPSA) is 25.3 Å². The van der Waals surface area contributed by atoms with Gasteiger partial charge in [0.2, 0.25) is 11.4 Å². The molecule has 0 radical (unpaired) electrons. The van der Waals surface area contributed by atoms with Crippen LogP contribution in [0.4, 0.5) is 0 Å². The van der Waals surface area contributed by atoms with Gasteiger partial charge in [0.15, 0.2) is 0 Å². The number of hydrogen-bond donors (Lipinski definition) is 0. The number of allylic oxidation sites excluding steroid dienone is 2. The van der Waals surface area contributed by atoms with E-state index in [9.17, 15) is 5.53 Å². The number of hydrogen-bond acceptors (Lipinski definition) is 0. The second-order valence-electron chi connectivity index (χ2n) is 16.2. The van der Waals surface area contributed by atoms with Crippen molar-refractivity contribution in [3.8, 4) is 0 Å². The van der Waals surface area contributed by atoms with Crippen LogP contribution >= 0.6 is 0 Å². The first-order chi connectivity index (χ1) is 27.1. The molecule has 1 aliphatic heterocycles. The Bertz CT molecular complexity index is 1290. The summed E-state index contributed by atoms with van der Waals surface area (Å²) in [6.45, 7) is 13.7. The van der Waals surface area contributed by atoms with Crippen molar-refractivity contribution < 1.29 is 19.1 Å². The van der Waals surface area contributed by atoms with Crippen molar-refractivity contribution in [1.29, 1.82) is 0 Å². The SMILES string of the molecule is CCCCCCCCC1=C(c2ccc(CCCCCC)cc2)[N+](=[N-])C(c2ccc(CCCCCC)cc2)=C1CCCC.CCCCC[CH2][Ni][CH2]CCCCC.